The summed E-state index contributed by atoms with van der Waals surface area (Å²) in [6.07, 6.45) is 0. The lowest BCUT2D eigenvalue weighted by Crippen LogP contribution is -2.13. The maximum atomic E-state index is 11.3. The number of nitrogens with one attached hydrogen (secondary N) is 1. The molecule has 0 spiro atoms. The Bertz CT molecular complexity index is 436. The molecule has 7 heteroatoms. The number of carboxylic acids is 1. The van der Waals surface area contributed by atoms with Gasteiger partial charge in [0, 0.05) is 0 Å². The van der Waals surface area contributed by atoms with Gasteiger partial charge in [0.2, 0.25) is 5.91 Å². The summed E-state index contributed by atoms with van der Waals surface area (Å²) in [5.74, 6) is -0.796. The van der Waals surface area contributed by atoms with Crippen molar-refractivity contribution in [2.24, 2.45) is 0 Å². The summed E-state index contributed by atoms with van der Waals surface area (Å²) in [6.45, 7) is 0. The van der Waals surface area contributed by atoms with Crippen LogP contribution in [0.15, 0.2) is 12.1 Å². The topological polar surface area (TPSA) is 90.2 Å². The van der Waals surface area contributed by atoms with Gasteiger partial charge in [0.05, 0.1) is 22.6 Å². The summed E-state index contributed by atoms with van der Waals surface area (Å²) in [4.78, 5) is 22.0. The van der Waals surface area contributed by atoms with Gasteiger partial charge in [-0.25, -0.2) is 4.79 Å². The second kappa shape index (κ2) is 6.15. The first-order valence-corrected chi connectivity index (χ1v) is 6.18. The van der Waals surface area contributed by atoms with E-state index in [4.69, 9.17) is 10.4 Å². The molecule has 0 fully saturated rings. The minimum atomic E-state index is -1.01. The molecule has 0 atom stereocenters. The van der Waals surface area contributed by atoms with E-state index in [1.54, 1.807) is 6.07 Å². The Morgan fingerprint density at radius 3 is 2.88 bits per heavy atom. The average molecular weight is 256 g/mol. The Balaban J connectivity index is 2.44. The van der Waals surface area contributed by atoms with Crippen molar-refractivity contribution in [3.63, 3.8) is 0 Å². The van der Waals surface area contributed by atoms with Crippen LogP contribution < -0.4 is 5.32 Å². The summed E-state index contributed by atoms with van der Waals surface area (Å²) in [6, 6.07) is 4.89. The number of aromatic carboxylic acids is 1. The van der Waals surface area contributed by atoms with Gasteiger partial charge in [0.1, 0.15) is 4.88 Å². The first-order chi connectivity index (χ1) is 7.63. The monoisotopic (exact) mass is 256 g/mol. The molecule has 1 rings (SSSR count). The largest absolute Gasteiger partial charge is 0.477 e. The molecule has 0 aromatic carbocycles. The van der Waals surface area contributed by atoms with Gasteiger partial charge in [-0.15, -0.1) is 23.1 Å². The molecule has 0 aliphatic heterocycles. The molecule has 0 saturated heterocycles. The van der Waals surface area contributed by atoms with E-state index in [1.165, 1.54) is 17.8 Å². The summed E-state index contributed by atoms with van der Waals surface area (Å²) < 4.78 is 0. The molecule has 0 radical (unpaired) electrons. The third-order valence-electron chi connectivity index (χ3n) is 1.48. The molecule has 0 unspecified atom stereocenters. The van der Waals surface area contributed by atoms with Gasteiger partial charge < -0.3 is 10.4 Å². The van der Waals surface area contributed by atoms with E-state index in [0.717, 1.165) is 11.3 Å². The van der Waals surface area contributed by atoms with Crippen LogP contribution in [0.3, 0.4) is 0 Å². The van der Waals surface area contributed by atoms with Crippen molar-refractivity contribution in [2.75, 3.05) is 16.8 Å². The van der Waals surface area contributed by atoms with Crippen molar-refractivity contribution in [3.05, 3.63) is 17.0 Å². The van der Waals surface area contributed by atoms with E-state index in [2.05, 4.69) is 5.32 Å². The van der Waals surface area contributed by atoms with Crippen LogP contribution in [0.5, 0.6) is 0 Å². The second-order valence-electron chi connectivity index (χ2n) is 2.67. The molecule has 16 heavy (non-hydrogen) atoms. The highest BCUT2D eigenvalue weighted by Gasteiger charge is 2.09. The zero-order valence-electron chi connectivity index (χ0n) is 8.10. The Labute approximate surface area is 100 Å². The fraction of sp³-hybridized carbons (Fsp3) is 0.222. The quantitative estimate of drug-likeness (QED) is 0.782. The number of thioether (sulfide) groups is 1. The van der Waals surface area contributed by atoms with Gasteiger partial charge in [0.25, 0.3) is 0 Å². The molecule has 1 amide bonds. The number of hydrogen-bond donors (Lipinski definition) is 2. The summed E-state index contributed by atoms with van der Waals surface area (Å²) in [5, 5.41) is 20.0. The molecular weight excluding hydrogens is 248 g/mol. The SMILES string of the molecule is N#CCSCC(=O)Nc1ccc(C(=O)O)s1. The molecule has 0 saturated carbocycles. The third kappa shape index (κ3) is 3.92. The van der Waals surface area contributed by atoms with E-state index in [9.17, 15) is 9.59 Å². The number of amides is 1. The number of rotatable bonds is 5. The maximum absolute atomic E-state index is 11.3. The van der Waals surface area contributed by atoms with Crippen LogP contribution in [0.1, 0.15) is 9.67 Å². The highest BCUT2D eigenvalue weighted by molar-refractivity contribution is 8.00. The number of nitrogens with zero attached hydrogens (tertiary/aromatic N) is 1. The number of carbonyl (C=O) groups excluding carboxylic acids is 1. The normalized spacial score (nSPS) is 9.44. The average Bonchev–Trinajstić information content (AvgIpc) is 2.66. The molecule has 0 bridgehead atoms. The van der Waals surface area contributed by atoms with Crippen molar-refractivity contribution in [3.8, 4) is 6.07 Å². The molecule has 0 aliphatic carbocycles. The van der Waals surface area contributed by atoms with Crippen LogP contribution in [-0.2, 0) is 4.79 Å². The fourth-order valence-corrected chi connectivity index (χ4v) is 2.10. The number of thiophene rings is 1. The third-order valence-corrected chi connectivity index (χ3v) is 3.27. The molecule has 2 N–H and O–H groups in total. The molecule has 0 aliphatic rings. The maximum Gasteiger partial charge on any atom is 0.345 e. The summed E-state index contributed by atoms with van der Waals surface area (Å²) >= 11 is 2.21. The number of hydrogen-bond acceptors (Lipinski definition) is 5. The number of nitriles is 1. The predicted octanol–water partition coefficient (Wildman–Crippen LogP) is 1.64. The van der Waals surface area contributed by atoms with Crippen LogP contribution in [0.25, 0.3) is 0 Å². The molecule has 1 aromatic heterocycles. The first kappa shape index (κ1) is 12.5. The Morgan fingerprint density at radius 2 is 2.31 bits per heavy atom. The van der Waals surface area contributed by atoms with Gasteiger partial charge in [-0.3, -0.25) is 4.79 Å². The highest BCUT2D eigenvalue weighted by atomic mass is 32.2. The molecular formula is C9H8N2O3S2. The number of anilines is 1. The van der Waals surface area contributed by atoms with Crippen molar-refractivity contribution in [1.29, 1.82) is 5.26 Å². The van der Waals surface area contributed by atoms with Crippen LogP contribution in [0.2, 0.25) is 0 Å². The minimum absolute atomic E-state index is 0.181. The molecule has 1 aromatic rings. The Hall–Kier alpha value is -1.52. The van der Waals surface area contributed by atoms with Gasteiger partial charge in [0.15, 0.2) is 0 Å². The fourth-order valence-electron chi connectivity index (χ4n) is 0.883. The molecule has 1 heterocycles. The lowest BCUT2D eigenvalue weighted by atomic mass is 10.5. The summed E-state index contributed by atoms with van der Waals surface area (Å²) in [5.41, 5.74) is 0. The minimum Gasteiger partial charge on any atom is -0.477 e. The highest BCUT2D eigenvalue weighted by Crippen LogP contribution is 2.21. The first-order valence-electron chi connectivity index (χ1n) is 4.21. The van der Waals surface area contributed by atoms with E-state index in [-0.39, 0.29) is 22.3 Å². The predicted molar refractivity (Wildman–Crippen MR) is 62.8 cm³/mol. The molecule has 84 valence electrons. The number of carboxylic acid groups (broad SMARTS) is 1. The van der Waals surface area contributed by atoms with E-state index in [1.807, 2.05) is 6.07 Å². The van der Waals surface area contributed by atoms with E-state index < -0.39 is 5.97 Å². The van der Waals surface area contributed by atoms with Crippen molar-refractivity contribution in [1.82, 2.24) is 0 Å². The second-order valence-corrected chi connectivity index (χ2v) is 4.74. The zero-order valence-corrected chi connectivity index (χ0v) is 9.73. The van der Waals surface area contributed by atoms with E-state index in [0.29, 0.717) is 5.00 Å². The Morgan fingerprint density at radius 1 is 1.56 bits per heavy atom. The Kier molecular flexibility index (Phi) is 4.82. The van der Waals surface area contributed by atoms with Gasteiger partial charge in [-0.2, -0.15) is 5.26 Å². The van der Waals surface area contributed by atoms with Crippen LogP contribution in [-0.4, -0.2) is 28.5 Å². The van der Waals surface area contributed by atoms with Crippen molar-refractivity contribution in [2.45, 2.75) is 0 Å². The van der Waals surface area contributed by atoms with Crippen LogP contribution in [0.4, 0.5) is 5.00 Å². The van der Waals surface area contributed by atoms with Gasteiger partial charge >= 0.3 is 5.97 Å². The number of carbonyl (C=O) groups is 2. The van der Waals surface area contributed by atoms with E-state index >= 15 is 0 Å². The zero-order chi connectivity index (χ0) is 12.0. The lowest BCUT2D eigenvalue weighted by molar-refractivity contribution is -0.113. The standard InChI is InChI=1S/C9H8N2O3S2/c10-3-4-15-5-7(12)11-8-2-1-6(16-8)9(13)14/h1-2H,4-5H2,(H,11,12)(H,13,14). The smallest absolute Gasteiger partial charge is 0.345 e. The lowest BCUT2D eigenvalue weighted by Gasteiger charge is -1.99. The summed E-state index contributed by atoms with van der Waals surface area (Å²) in [7, 11) is 0. The van der Waals surface area contributed by atoms with Crippen LogP contribution >= 0.6 is 23.1 Å². The van der Waals surface area contributed by atoms with Gasteiger partial charge in [-0.1, -0.05) is 0 Å². The van der Waals surface area contributed by atoms with Crippen molar-refractivity contribution < 1.29 is 14.7 Å². The van der Waals surface area contributed by atoms with Crippen LogP contribution in [0, 0.1) is 11.3 Å². The van der Waals surface area contributed by atoms with Gasteiger partial charge in [-0.05, 0) is 12.1 Å². The van der Waals surface area contributed by atoms with Crippen molar-refractivity contribution >= 4 is 40.0 Å². The molecule has 5 nitrogen and oxygen atoms in total.